The van der Waals surface area contributed by atoms with Gasteiger partial charge in [0.25, 0.3) is 5.91 Å². The molecule has 1 amide bonds. The van der Waals surface area contributed by atoms with Crippen LogP contribution in [0.5, 0.6) is 5.75 Å². The summed E-state index contributed by atoms with van der Waals surface area (Å²) in [5.41, 5.74) is 3.99. The zero-order valence-electron chi connectivity index (χ0n) is 18.8. The van der Waals surface area contributed by atoms with E-state index < -0.39 is 5.82 Å². The second kappa shape index (κ2) is 8.98. The van der Waals surface area contributed by atoms with Crippen LogP contribution >= 0.6 is 0 Å². The molecule has 6 heteroatoms. The summed E-state index contributed by atoms with van der Waals surface area (Å²) in [7, 11) is 1.62. The fourth-order valence-electron chi connectivity index (χ4n) is 3.97. The molecule has 0 fully saturated rings. The Kier molecular flexibility index (Phi) is 6.09. The summed E-state index contributed by atoms with van der Waals surface area (Å²) in [5.74, 6) is -0.0775. The number of fused-ring (bicyclic) bond motifs is 1. The zero-order valence-corrected chi connectivity index (χ0v) is 18.8. The molecular weight excluding hydrogens is 419 g/mol. The van der Waals surface area contributed by atoms with E-state index in [1.165, 1.54) is 24.3 Å². The minimum Gasteiger partial charge on any atom is -0.497 e. The van der Waals surface area contributed by atoms with Gasteiger partial charge in [0.2, 0.25) is 0 Å². The molecule has 168 valence electrons. The fraction of sp³-hybridized carbons (Fsp3) is 0.222. The zero-order chi connectivity index (χ0) is 23.6. The largest absolute Gasteiger partial charge is 0.497 e. The lowest BCUT2D eigenvalue weighted by atomic mass is 9.85. The molecule has 0 aliphatic carbocycles. The predicted octanol–water partition coefficient (Wildman–Crippen LogP) is 5.48. The molecule has 33 heavy (non-hydrogen) atoms. The molecule has 3 aromatic carbocycles. The van der Waals surface area contributed by atoms with Gasteiger partial charge in [0, 0.05) is 22.4 Å². The lowest BCUT2D eigenvalue weighted by molar-refractivity contribution is 0.0998. The molecule has 1 heterocycles. The van der Waals surface area contributed by atoms with E-state index in [4.69, 9.17) is 9.73 Å². The van der Waals surface area contributed by atoms with Crippen LogP contribution in [0, 0.1) is 5.82 Å². The average Bonchev–Trinajstić information content (AvgIpc) is 2.79. The lowest BCUT2D eigenvalue weighted by Crippen LogP contribution is -2.30. The van der Waals surface area contributed by atoms with Gasteiger partial charge in [-0.25, -0.2) is 4.39 Å². The Bertz CT molecular complexity index is 1230. The molecule has 1 N–H and O–H groups in total. The molecule has 0 spiro atoms. The van der Waals surface area contributed by atoms with Crippen molar-refractivity contribution in [1.29, 1.82) is 0 Å². The Morgan fingerprint density at radius 3 is 2.33 bits per heavy atom. The normalized spacial score (nSPS) is 14.1. The van der Waals surface area contributed by atoms with Gasteiger partial charge in [0.05, 0.1) is 24.8 Å². The molecule has 1 aliphatic heterocycles. The Hall–Kier alpha value is -3.80. The number of halogens is 1. The molecule has 0 atom stereocenters. The van der Waals surface area contributed by atoms with Crippen molar-refractivity contribution in [2.75, 3.05) is 12.4 Å². The molecule has 1 aliphatic rings. The number of methoxy groups -OCH3 is 1. The van der Waals surface area contributed by atoms with E-state index in [0.29, 0.717) is 16.8 Å². The molecule has 0 bridgehead atoms. The molecule has 0 aromatic heterocycles. The molecule has 0 saturated carbocycles. The molecule has 0 unspecified atom stereocenters. The lowest BCUT2D eigenvalue weighted by Gasteiger charge is -2.29. The molecule has 3 aromatic rings. The van der Waals surface area contributed by atoms with Crippen molar-refractivity contribution in [1.82, 2.24) is 0 Å². The topological polar surface area (TPSA) is 67.8 Å². The quantitative estimate of drug-likeness (QED) is 0.512. The third-order valence-electron chi connectivity index (χ3n) is 5.59. The van der Waals surface area contributed by atoms with Gasteiger partial charge in [-0.15, -0.1) is 0 Å². The molecule has 0 saturated heterocycles. The Morgan fingerprint density at radius 1 is 1.00 bits per heavy atom. The van der Waals surface area contributed by atoms with Crippen LogP contribution in [-0.4, -0.2) is 30.1 Å². The number of carbonyl (C=O) groups excluding carboxylic acids is 2. The average molecular weight is 445 g/mol. The van der Waals surface area contributed by atoms with Crippen LogP contribution in [0.25, 0.3) is 0 Å². The highest BCUT2D eigenvalue weighted by Crippen LogP contribution is 2.31. The number of hydrogen-bond donors (Lipinski definition) is 1. The van der Waals surface area contributed by atoms with E-state index in [0.717, 1.165) is 29.0 Å². The van der Waals surface area contributed by atoms with Gasteiger partial charge in [0.15, 0.2) is 5.78 Å². The van der Waals surface area contributed by atoms with Gasteiger partial charge in [-0.2, -0.15) is 0 Å². The van der Waals surface area contributed by atoms with Crippen molar-refractivity contribution in [3.05, 3.63) is 94.8 Å². The van der Waals surface area contributed by atoms with Crippen LogP contribution in [0.3, 0.4) is 0 Å². The summed E-state index contributed by atoms with van der Waals surface area (Å²) in [6, 6.07) is 17.9. The number of aliphatic imine (C=N–C) groups is 1. The number of anilines is 1. The fourth-order valence-corrected chi connectivity index (χ4v) is 3.97. The second-order valence-electron chi connectivity index (χ2n) is 8.71. The molecule has 4 rings (SSSR count). The van der Waals surface area contributed by atoms with Gasteiger partial charge < -0.3 is 10.1 Å². The highest BCUT2D eigenvalue weighted by molar-refractivity contribution is 6.17. The van der Waals surface area contributed by atoms with Crippen molar-refractivity contribution < 1.29 is 18.7 Å². The second-order valence-corrected chi connectivity index (χ2v) is 8.71. The first-order chi connectivity index (χ1) is 15.7. The number of Topliss-reactive ketones (excluding diaryl/α,β-unsaturated/α-hetero) is 1. The van der Waals surface area contributed by atoms with Crippen LogP contribution in [0.2, 0.25) is 0 Å². The smallest absolute Gasteiger partial charge is 0.255 e. The number of amides is 1. The van der Waals surface area contributed by atoms with E-state index in [2.05, 4.69) is 19.2 Å². The molecular formula is C27H25FN2O3. The van der Waals surface area contributed by atoms with Crippen LogP contribution in [0.1, 0.15) is 52.1 Å². The number of benzene rings is 3. The summed E-state index contributed by atoms with van der Waals surface area (Å²) in [6.45, 7) is 4.12. The number of carbonyl (C=O) groups is 2. The van der Waals surface area contributed by atoms with Crippen molar-refractivity contribution in [2.24, 2.45) is 4.99 Å². The monoisotopic (exact) mass is 444 g/mol. The maximum absolute atomic E-state index is 13.0. The summed E-state index contributed by atoms with van der Waals surface area (Å²) in [4.78, 5) is 30.2. The van der Waals surface area contributed by atoms with Crippen molar-refractivity contribution in [3.63, 3.8) is 0 Å². The van der Waals surface area contributed by atoms with E-state index in [9.17, 15) is 14.0 Å². The van der Waals surface area contributed by atoms with E-state index in [-0.39, 0.29) is 23.7 Å². The van der Waals surface area contributed by atoms with E-state index in [1.807, 2.05) is 18.2 Å². The van der Waals surface area contributed by atoms with Crippen LogP contribution < -0.4 is 10.1 Å². The summed E-state index contributed by atoms with van der Waals surface area (Å²) >= 11 is 0. The first-order valence-corrected chi connectivity index (χ1v) is 10.7. The highest BCUT2D eigenvalue weighted by atomic mass is 19.1. The van der Waals surface area contributed by atoms with Gasteiger partial charge in [0.1, 0.15) is 11.6 Å². The highest BCUT2D eigenvalue weighted by Gasteiger charge is 2.28. The third kappa shape index (κ3) is 5.17. The van der Waals surface area contributed by atoms with Gasteiger partial charge in [-0.05, 0) is 86.5 Å². The van der Waals surface area contributed by atoms with Crippen molar-refractivity contribution in [3.8, 4) is 5.75 Å². The summed E-state index contributed by atoms with van der Waals surface area (Å²) < 4.78 is 18.4. The maximum Gasteiger partial charge on any atom is 0.255 e. The number of ether oxygens (including phenoxy) is 1. The number of ketones is 1. The third-order valence-corrected chi connectivity index (χ3v) is 5.59. The summed E-state index contributed by atoms with van der Waals surface area (Å²) in [5, 5.41) is 2.75. The number of nitrogens with zero attached hydrogens (tertiary/aromatic N) is 1. The minimum absolute atomic E-state index is 0.0587. The van der Waals surface area contributed by atoms with Gasteiger partial charge in [-0.3, -0.25) is 14.6 Å². The molecule has 5 nitrogen and oxygen atoms in total. The van der Waals surface area contributed by atoms with E-state index in [1.54, 1.807) is 31.4 Å². The van der Waals surface area contributed by atoms with Crippen LogP contribution in [-0.2, 0) is 6.42 Å². The first-order valence-electron chi connectivity index (χ1n) is 10.7. The number of nitrogens with one attached hydrogen (secondary N) is 1. The molecule has 0 radical (unpaired) electrons. The predicted molar refractivity (Wildman–Crippen MR) is 127 cm³/mol. The van der Waals surface area contributed by atoms with Crippen molar-refractivity contribution >= 4 is 23.1 Å². The Balaban J connectivity index is 1.49. The van der Waals surface area contributed by atoms with Gasteiger partial charge in [-0.1, -0.05) is 6.07 Å². The Labute approximate surface area is 192 Å². The first kappa shape index (κ1) is 22.4. The Morgan fingerprint density at radius 2 is 1.67 bits per heavy atom. The SMILES string of the molecule is COc1ccc2c(c1)C(CC(=O)c1ccc(NC(=O)c3ccc(F)cc3)cc1)=NC(C)(C)C2. The maximum atomic E-state index is 13.0. The number of rotatable bonds is 6. The standard InChI is InChI=1S/C27H25FN2O3/c1-27(2)16-19-8-13-22(33-3)14-23(19)24(30-27)15-25(31)17-6-11-21(12-7-17)29-26(32)18-4-9-20(28)10-5-18/h4-14H,15-16H2,1-3H3,(H,29,32). The minimum atomic E-state index is -0.401. The van der Waals surface area contributed by atoms with Crippen LogP contribution in [0.15, 0.2) is 71.7 Å². The van der Waals surface area contributed by atoms with Crippen molar-refractivity contribution in [2.45, 2.75) is 32.2 Å². The van der Waals surface area contributed by atoms with Crippen LogP contribution in [0.4, 0.5) is 10.1 Å². The summed E-state index contributed by atoms with van der Waals surface area (Å²) in [6.07, 6.45) is 0.970. The van der Waals surface area contributed by atoms with Gasteiger partial charge >= 0.3 is 0 Å². The number of hydrogen-bond acceptors (Lipinski definition) is 4. The van der Waals surface area contributed by atoms with E-state index >= 15 is 0 Å².